The summed E-state index contributed by atoms with van der Waals surface area (Å²) in [6.45, 7) is 4.54. The lowest BCUT2D eigenvalue weighted by molar-refractivity contribution is 0.580. The van der Waals surface area contributed by atoms with Crippen molar-refractivity contribution in [2.45, 2.75) is 30.5 Å². The highest BCUT2D eigenvalue weighted by atomic mass is 32.2. The SMILES string of the molecule is CSC(C)CNS(=O)(=O)c1cccc(CN)c1C. The average molecular weight is 288 g/mol. The number of sulfonamides is 1. The van der Waals surface area contributed by atoms with Crippen LogP contribution in [0, 0.1) is 6.92 Å². The predicted octanol–water partition coefficient (Wildman–Crippen LogP) is 1.48. The van der Waals surface area contributed by atoms with E-state index in [1.165, 1.54) is 0 Å². The van der Waals surface area contributed by atoms with Gasteiger partial charge in [-0.1, -0.05) is 19.1 Å². The Balaban J connectivity index is 2.98. The van der Waals surface area contributed by atoms with Gasteiger partial charge >= 0.3 is 0 Å². The van der Waals surface area contributed by atoms with Gasteiger partial charge in [0.05, 0.1) is 4.90 Å². The Labute approximate surface area is 113 Å². The summed E-state index contributed by atoms with van der Waals surface area (Å²) >= 11 is 1.63. The van der Waals surface area contributed by atoms with Gasteiger partial charge in [0.1, 0.15) is 0 Å². The molecule has 1 aromatic carbocycles. The molecule has 0 saturated heterocycles. The Morgan fingerprint density at radius 1 is 1.44 bits per heavy atom. The monoisotopic (exact) mass is 288 g/mol. The first-order valence-electron chi connectivity index (χ1n) is 5.73. The highest BCUT2D eigenvalue weighted by molar-refractivity contribution is 7.99. The van der Waals surface area contributed by atoms with Crippen molar-refractivity contribution in [2.24, 2.45) is 5.73 Å². The van der Waals surface area contributed by atoms with Crippen molar-refractivity contribution in [1.29, 1.82) is 0 Å². The quantitative estimate of drug-likeness (QED) is 0.832. The van der Waals surface area contributed by atoms with Crippen LogP contribution in [0.3, 0.4) is 0 Å². The molecule has 1 rings (SSSR count). The number of hydrogen-bond donors (Lipinski definition) is 2. The van der Waals surface area contributed by atoms with Crippen molar-refractivity contribution in [3.05, 3.63) is 29.3 Å². The van der Waals surface area contributed by atoms with E-state index in [1.54, 1.807) is 30.8 Å². The van der Waals surface area contributed by atoms with E-state index in [4.69, 9.17) is 5.73 Å². The van der Waals surface area contributed by atoms with Crippen LogP contribution in [-0.4, -0.2) is 26.5 Å². The maximum Gasteiger partial charge on any atom is 0.240 e. The summed E-state index contributed by atoms with van der Waals surface area (Å²) in [6, 6.07) is 5.18. The van der Waals surface area contributed by atoms with Gasteiger partial charge in [0.15, 0.2) is 0 Å². The molecule has 1 atom stereocenters. The van der Waals surface area contributed by atoms with Crippen molar-refractivity contribution in [2.75, 3.05) is 12.8 Å². The number of hydrogen-bond acceptors (Lipinski definition) is 4. The topological polar surface area (TPSA) is 72.2 Å². The fourth-order valence-corrected chi connectivity index (χ4v) is 3.33. The number of nitrogens with one attached hydrogen (secondary N) is 1. The van der Waals surface area contributed by atoms with Gasteiger partial charge in [-0.3, -0.25) is 0 Å². The number of nitrogens with two attached hydrogens (primary N) is 1. The largest absolute Gasteiger partial charge is 0.326 e. The van der Waals surface area contributed by atoms with Crippen LogP contribution in [0.4, 0.5) is 0 Å². The van der Waals surface area contributed by atoms with Crippen molar-refractivity contribution < 1.29 is 8.42 Å². The molecule has 18 heavy (non-hydrogen) atoms. The van der Waals surface area contributed by atoms with E-state index >= 15 is 0 Å². The zero-order chi connectivity index (χ0) is 13.8. The third-order valence-electron chi connectivity index (χ3n) is 2.87. The molecule has 0 radical (unpaired) electrons. The molecule has 0 heterocycles. The lowest BCUT2D eigenvalue weighted by Gasteiger charge is -2.13. The number of benzene rings is 1. The van der Waals surface area contributed by atoms with Gasteiger partial charge in [-0.2, -0.15) is 11.8 Å². The van der Waals surface area contributed by atoms with E-state index in [0.29, 0.717) is 18.0 Å². The molecule has 1 unspecified atom stereocenters. The Morgan fingerprint density at radius 2 is 2.11 bits per heavy atom. The van der Waals surface area contributed by atoms with Crippen molar-refractivity contribution in [3.8, 4) is 0 Å². The van der Waals surface area contributed by atoms with Crippen LogP contribution in [0.25, 0.3) is 0 Å². The molecule has 102 valence electrons. The van der Waals surface area contributed by atoms with Crippen LogP contribution < -0.4 is 10.5 Å². The van der Waals surface area contributed by atoms with Crippen molar-refractivity contribution in [3.63, 3.8) is 0 Å². The summed E-state index contributed by atoms with van der Waals surface area (Å²) in [6.07, 6.45) is 1.96. The summed E-state index contributed by atoms with van der Waals surface area (Å²) in [5.74, 6) is 0. The van der Waals surface area contributed by atoms with E-state index in [2.05, 4.69) is 4.72 Å². The van der Waals surface area contributed by atoms with E-state index in [9.17, 15) is 8.42 Å². The fourth-order valence-electron chi connectivity index (χ4n) is 1.56. The molecule has 6 heteroatoms. The second kappa shape index (κ2) is 6.56. The maximum atomic E-state index is 12.2. The number of thioether (sulfide) groups is 1. The fraction of sp³-hybridized carbons (Fsp3) is 0.500. The first kappa shape index (κ1) is 15.5. The van der Waals surface area contributed by atoms with Crippen molar-refractivity contribution in [1.82, 2.24) is 4.72 Å². The molecule has 0 bridgehead atoms. The minimum Gasteiger partial charge on any atom is -0.326 e. The summed E-state index contributed by atoms with van der Waals surface area (Å²) in [4.78, 5) is 0.318. The zero-order valence-corrected chi connectivity index (χ0v) is 12.6. The Kier molecular flexibility index (Phi) is 5.65. The Hall–Kier alpha value is -0.560. The van der Waals surface area contributed by atoms with E-state index in [0.717, 1.165) is 11.1 Å². The molecule has 0 aromatic heterocycles. The molecular formula is C12H20N2O2S2. The minimum atomic E-state index is -3.45. The average Bonchev–Trinajstić information content (AvgIpc) is 2.36. The predicted molar refractivity (Wildman–Crippen MR) is 77.2 cm³/mol. The van der Waals surface area contributed by atoms with Crippen LogP contribution in [0.2, 0.25) is 0 Å². The molecule has 0 fully saturated rings. The van der Waals surface area contributed by atoms with E-state index in [1.807, 2.05) is 19.2 Å². The van der Waals surface area contributed by atoms with Crippen molar-refractivity contribution >= 4 is 21.8 Å². The zero-order valence-electron chi connectivity index (χ0n) is 10.9. The normalized spacial score (nSPS) is 13.6. The minimum absolute atomic E-state index is 0.248. The first-order chi connectivity index (χ1) is 8.42. The third kappa shape index (κ3) is 3.71. The summed E-state index contributed by atoms with van der Waals surface area (Å²) in [7, 11) is -3.45. The summed E-state index contributed by atoms with van der Waals surface area (Å²) in [5.41, 5.74) is 7.17. The second-order valence-corrected chi connectivity index (χ2v) is 7.15. The molecule has 0 aliphatic heterocycles. The highest BCUT2D eigenvalue weighted by Crippen LogP contribution is 2.18. The molecule has 0 spiro atoms. The molecule has 1 aromatic rings. The smallest absolute Gasteiger partial charge is 0.240 e. The van der Waals surface area contributed by atoms with Crippen LogP contribution in [0.5, 0.6) is 0 Å². The summed E-state index contributed by atoms with van der Waals surface area (Å²) < 4.78 is 27.0. The van der Waals surface area contributed by atoms with E-state index < -0.39 is 10.0 Å². The van der Waals surface area contributed by atoms with Gasteiger partial charge in [0.25, 0.3) is 0 Å². The van der Waals surface area contributed by atoms with Crippen LogP contribution >= 0.6 is 11.8 Å². The highest BCUT2D eigenvalue weighted by Gasteiger charge is 2.18. The van der Waals surface area contributed by atoms with Gasteiger partial charge in [0, 0.05) is 18.3 Å². The molecule has 0 saturated carbocycles. The van der Waals surface area contributed by atoms with Gasteiger partial charge in [0.2, 0.25) is 10.0 Å². The van der Waals surface area contributed by atoms with Crippen LogP contribution in [0.15, 0.2) is 23.1 Å². The van der Waals surface area contributed by atoms with Gasteiger partial charge < -0.3 is 5.73 Å². The van der Waals surface area contributed by atoms with Crippen LogP contribution in [0.1, 0.15) is 18.1 Å². The van der Waals surface area contributed by atoms with E-state index in [-0.39, 0.29) is 5.25 Å². The standard InChI is InChI=1S/C12H20N2O2S2/c1-9(17-3)8-14-18(15,16)12-6-4-5-11(7-13)10(12)2/h4-6,9,14H,7-8,13H2,1-3H3. The molecule has 0 aliphatic carbocycles. The second-order valence-electron chi connectivity index (χ2n) is 4.14. The van der Waals surface area contributed by atoms with Gasteiger partial charge in [-0.15, -0.1) is 0 Å². The van der Waals surface area contributed by atoms with Crippen LogP contribution in [-0.2, 0) is 16.6 Å². The lowest BCUT2D eigenvalue weighted by atomic mass is 10.1. The lowest BCUT2D eigenvalue weighted by Crippen LogP contribution is -2.30. The molecule has 3 N–H and O–H groups in total. The Bertz CT molecular complexity index is 501. The number of rotatable bonds is 6. The summed E-state index contributed by atoms with van der Waals surface area (Å²) in [5, 5.41) is 0.248. The molecular weight excluding hydrogens is 268 g/mol. The van der Waals surface area contributed by atoms with Gasteiger partial charge in [-0.05, 0) is 30.4 Å². The van der Waals surface area contributed by atoms with Gasteiger partial charge in [-0.25, -0.2) is 13.1 Å². The molecule has 4 nitrogen and oxygen atoms in total. The first-order valence-corrected chi connectivity index (χ1v) is 8.50. The maximum absolute atomic E-state index is 12.2. The third-order valence-corrected chi connectivity index (χ3v) is 5.41. The molecule has 0 amide bonds. The Morgan fingerprint density at radius 3 is 2.67 bits per heavy atom. The molecule has 0 aliphatic rings.